The molecule has 0 unspecified atom stereocenters. The molecule has 1 fully saturated rings. The normalized spacial score (nSPS) is 17.7. The standard InChI is InChI=1S/C18H17FN2O2/c19-14-4-5-17(23-12-13-6-9-22-11-13)15(10-14)16-2-1-3-18-20-7-8-21(16)18/h1-5,7-8,10,13H,6,9,11-12H2/t13-/m0/s1. The second-order valence-electron chi connectivity index (χ2n) is 5.75. The second kappa shape index (κ2) is 6.01. The number of halogens is 1. The van der Waals surface area contributed by atoms with Crippen molar-refractivity contribution in [1.82, 2.24) is 9.38 Å². The van der Waals surface area contributed by atoms with Crippen molar-refractivity contribution < 1.29 is 13.9 Å². The largest absolute Gasteiger partial charge is 0.493 e. The Morgan fingerprint density at radius 2 is 2.26 bits per heavy atom. The van der Waals surface area contributed by atoms with E-state index in [1.54, 1.807) is 12.3 Å². The molecule has 4 nitrogen and oxygen atoms in total. The van der Waals surface area contributed by atoms with E-state index in [0.717, 1.165) is 36.5 Å². The van der Waals surface area contributed by atoms with Gasteiger partial charge in [0.05, 0.1) is 18.9 Å². The molecule has 0 radical (unpaired) electrons. The van der Waals surface area contributed by atoms with Gasteiger partial charge in [0, 0.05) is 30.5 Å². The number of pyridine rings is 1. The molecular formula is C18H17FN2O2. The van der Waals surface area contributed by atoms with Gasteiger partial charge in [-0.1, -0.05) is 6.07 Å². The average Bonchev–Trinajstić information content (AvgIpc) is 3.24. The fraction of sp³-hybridized carbons (Fsp3) is 0.278. The Hall–Kier alpha value is -2.40. The number of hydrogen-bond acceptors (Lipinski definition) is 3. The molecule has 0 aliphatic carbocycles. The summed E-state index contributed by atoms with van der Waals surface area (Å²) >= 11 is 0. The Balaban J connectivity index is 1.71. The lowest BCUT2D eigenvalue weighted by molar-refractivity contribution is 0.167. The van der Waals surface area contributed by atoms with E-state index in [9.17, 15) is 4.39 Å². The van der Waals surface area contributed by atoms with Crippen molar-refractivity contribution in [3.63, 3.8) is 0 Å². The van der Waals surface area contributed by atoms with E-state index < -0.39 is 0 Å². The van der Waals surface area contributed by atoms with E-state index in [1.165, 1.54) is 12.1 Å². The Morgan fingerprint density at radius 1 is 1.30 bits per heavy atom. The van der Waals surface area contributed by atoms with Crippen LogP contribution in [0.25, 0.3) is 16.9 Å². The van der Waals surface area contributed by atoms with Gasteiger partial charge in [0.25, 0.3) is 0 Å². The van der Waals surface area contributed by atoms with Crippen LogP contribution in [-0.4, -0.2) is 29.2 Å². The van der Waals surface area contributed by atoms with Crippen molar-refractivity contribution in [2.75, 3.05) is 19.8 Å². The number of benzene rings is 1. The van der Waals surface area contributed by atoms with E-state index in [1.807, 2.05) is 28.8 Å². The van der Waals surface area contributed by atoms with Crippen LogP contribution in [0, 0.1) is 11.7 Å². The minimum Gasteiger partial charge on any atom is -0.493 e. The van der Waals surface area contributed by atoms with Crippen molar-refractivity contribution in [1.29, 1.82) is 0 Å². The maximum Gasteiger partial charge on any atom is 0.137 e. The predicted molar refractivity (Wildman–Crippen MR) is 85.0 cm³/mol. The number of hydrogen-bond donors (Lipinski definition) is 0. The van der Waals surface area contributed by atoms with Crippen LogP contribution in [0.5, 0.6) is 5.75 Å². The molecular weight excluding hydrogens is 295 g/mol. The van der Waals surface area contributed by atoms with Gasteiger partial charge in [-0.3, -0.25) is 4.40 Å². The quantitative estimate of drug-likeness (QED) is 0.739. The Labute approximate surface area is 133 Å². The molecule has 1 saturated heterocycles. The molecule has 1 aliphatic heterocycles. The SMILES string of the molecule is Fc1ccc(OC[C@H]2CCOC2)c(-c2cccc3nccn23)c1. The number of ether oxygens (including phenoxy) is 2. The van der Waals surface area contributed by atoms with Gasteiger partial charge in [-0.2, -0.15) is 0 Å². The maximum atomic E-state index is 13.8. The molecule has 0 saturated carbocycles. The zero-order chi connectivity index (χ0) is 15.6. The summed E-state index contributed by atoms with van der Waals surface area (Å²) < 4.78 is 27.1. The zero-order valence-corrected chi connectivity index (χ0v) is 12.6. The monoisotopic (exact) mass is 312 g/mol. The van der Waals surface area contributed by atoms with Crippen molar-refractivity contribution in [2.45, 2.75) is 6.42 Å². The van der Waals surface area contributed by atoms with Gasteiger partial charge >= 0.3 is 0 Å². The van der Waals surface area contributed by atoms with Gasteiger partial charge in [0.1, 0.15) is 17.2 Å². The molecule has 5 heteroatoms. The van der Waals surface area contributed by atoms with Gasteiger partial charge in [-0.05, 0) is 36.8 Å². The average molecular weight is 312 g/mol. The molecule has 23 heavy (non-hydrogen) atoms. The van der Waals surface area contributed by atoms with Crippen LogP contribution >= 0.6 is 0 Å². The fourth-order valence-corrected chi connectivity index (χ4v) is 2.92. The number of rotatable bonds is 4. The van der Waals surface area contributed by atoms with Crippen LogP contribution in [0.2, 0.25) is 0 Å². The highest BCUT2D eigenvalue weighted by molar-refractivity contribution is 5.70. The van der Waals surface area contributed by atoms with Crippen molar-refractivity contribution in [2.24, 2.45) is 5.92 Å². The Morgan fingerprint density at radius 3 is 3.13 bits per heavy atom. The topological polar surface area (TPSA) is 35.8 Å². The Bertz CT molecular complexity index is 825. The van der Waals surface area contributed by atoms with Gasteiger partial charge in [-0.25, -0.2) is 9.37 Å². The molecule has 1 aliphatic rings. The first-order valence-electron chi connectivity index (χ1n) is 7.74. The van der Waals surface area contributed by atoms with Gasteiger partial charge in [0.2, 0.25) is 0 Å². The summed E-state index contributed by atoms with van der Waals surface area (Å²) in [6.45, 7) is 2.10. The molecule has 2 aromatic heterocycles. The highest BCUT2D eigenvalue weighted by Crippen LogP contribution is 2.32. The third-order valence-electron chi connectivity index (χ3n) is 4.14. The van der Waals surface area contributed by atoms with Crippen molar-refractivity contribution in [3.8, 4) is 17.0 Å². The molecule has 0 N–H and O–H groups in total. The van der Waals surface area contributed by atoms with Crippen LogP contribution in [0.1, 0.15) is 6.42 Å². The molecule has 0 amide bonds. The summed E-state index contributed by atoms with van der Waals surface area (Å²) in [4.78, 5) is 4.28. The Kier molecular flexibility index (Phi) is 3.71. The van der Waals surface area contributed by atoms with Crippen LogP contribution in [0.15, 0.2) is 48.8 Å². The third kappa shape index (κ3) is 2.80. The van der Waals surface area contributed by atoms with Crippen molar-refractivity contribution in [3.05, 3.63) is 54.6 Å². The molecule has 4 rings (SSSR count). The minimum atomic E-state index is -0.284. The summed E-state index contributed by atoms with van der Waals surface area (Å²) in [6.07, 6.45) is 4.60. The van der Waals surface area contributed by atoms with Crippen molar-refractivity contribution >= 4 is 5.65 Å². The number of imidazole rings is 1. The maximum absolute atomic E-state index is 13.8. The summed E-state index contributed by atoms with van der Waals surface area (Å²) in [7, 11) is 0. The van der Waals surface area contributed by atoms with Gasteiger partial charge in [0.15, 0.2) is 0 Å². The van der Waals surface area contributed by atoms with Gasteiger partial charge in [-0.15, -0.1) is 0 Å². The number of fused-ring (bicyclic) bond motifs is 1. The molecule has 3 heterocycles. The van der Waals surface area contributed by atoms with Crippen LogP contribution in [0.4, 0.5) is 4.39 Å². The van der Waals surface area contributed by atoms with Crippen LogP contribution < -0.4 is 4.74 Å². The molecule has 0 bridgehead atoms. The first-order valence-corrected chi connectivity index (χ1v) is 7.74. The lowest BCUT2D eigenvalue weighted by Crippen LogP contribution is -2.12. The molecule has 1 aromatic carbocycles. The lowest BCUT2D eigenvalue weighted by atomic mass is 10.1. The molecule has 3 aromatic rings. The summed E-state index contributed by atoms with van der Waals surface area (Å²) in [5.74, 6) is 0.796. The second-order valence-corrected chi connectivity index (χ2v) is 5.75. The first kappa shape index (κ1) is 14.2. The van der Waals surface area contributed by atoms with E-state index in [2.05, 4.69) is 4.98 Å². The van der Waals surface area contributed by atoms with E-state index in [-0.39, 0.29) is 5.82 Å². The number of aromatic nitrogens is 2. The number of nitrogens with zero attached hydrogens (tertiary/aromatic N) is 2. The smallest absolute Gasteiger partial charge is 0.137 e. The third-order valence-corrected chi connectivity index (χ3v) is 4.14. The predicted octanol–water partition coefficient (Wildman–Crippen LogP) is 3.56. The van der Waals surface area contributed by atoms with E-state index in [4.69, 9.17) is 9.47 Å². The summed E-state index contributed by atoms with van der Waals surface area (Å²) in [5.41, 5.74) is 2.41. The zero-order valence-electron chi connectivity index (χ0n) is 12.6. The molecule has 0 spiro atoms. The van der Waals surface area contributed by atoms with E-state index >= 15 is 0 Å². The molecule has 118 valence electrons. The highest BCUT2D eigenvalue weighted by atomic mass is 19.1. The van der Waals surface area contributed by atoms with Gasteiger partial charge < -0.3 is 9.47 Å². The fourth-order valence-electron chi connectivity index (χ4n) is 2.92. The van der Waals surface area contributed by atoms with E-state index in [0.29, 0.717) is 18.3 Å². The lowest BCUT2D eigenvalue weighted by Gasteiger charge is -2.15. The van der Waals surface area contributed by atoms with Crippen LogP contribution in [-0.2, 0) is 4.74 Å². The summed E-state index contributed by atoms with van der Waals surface area (Å²) in [5, 5.41) is 0. The van der Waals surface area contributed by atoms with Crippen LogP contribution in [0.3, 0.4) is 0 Å². The highest BCUT2D eigenvalue weighted by Gasteiger charge is 2.18. The summed E-state index contributed by atoms with van der Waals surface area (Å²) in [6, 6.07) is 10.4. The minimum absolute atomic E-state index is 0.284. The first-order chi connectivity index (χ1) is 11.3. The molecule has 1 atom stereocenters.